The Morgan fingerprint density at radius 1 is 1.35 bits per heavy atom. The van der Waals surface area contributed by atoms with Crippen LogP contribution in [0.4, 0.5) is 0 Å². The van der Waals surface area contributed by atoms with Gasteiger partial charge in [-0.3, -0.25) is 0 Å². The summed E-state index contributed by atoms with van der Waals surface area (Å²) in [6.07, 6.45) is 4.23. The van der Waals surface area contributed by atoms with Crippen molar-refractivity contribution in [2.75, 3.05) is 27.2 Å². The number of hydrogen-bond donors (Lipinski definition) is 1. The number of rotatable bonds is 1. The van der Waals surface area contributed by atoms with Gasteiger partial charge in [0, 0.05) is 24.6 Å². The number of nitrogens with two attached hydrogens (primary N) is 1. The third kappa shape index (κ3) is 2.50. The quantitative estimate of drug-likeness (QED) is 0.855. The molecular weight excluding hydrogens is 252 g/mol. The van der Waals surface area contributed by atoms with Crippen molar-refractivity contribution < 1.29 is 9.47 Å². The van der Waals surface area contributed by atoms with Gasteiger partial charge in [-0.2, -0.15) is 0 Å². The topological polar surface area (TPSA) is 47.7 Å². The summed E-state index contributed by atoms with van der Waals surface area (Å²) < 4.78 is 11.7. The van der Waals surface area contributed by atoms with Crippen LogP contribution in [0.1, 0.15) is 37.3 Å². The zero-order chi connectivity index (χ0) is 14.2. The van der Waals surface area contributed by atoms with E-state index in [0.717, 1.165) is 49.4 Å². The molecule has 0 aliphatic carbocycles. The average molecular weight is 276 g/mol. The number of nitrogens with zero attached hydrogens (tertiary/aromatic N) is 1. The van der Waals surface area contributed by atoms with E-state index in [4.69, 9.17) is 15.2 Å². The van der Waals surface area contributed by atoms with Crippen molar-refractivity contribution in [3.05, 3.63) is 23.8 Å². The Morgan fingerprint density at radius 2 is 2.20 bits per heavy atom. The van der Waals surface area contributed by atoms with E-state index in [9.17, 15) is 0 Å². The molecular formula is C16H24N2O2. The molecule has 0 saturated carbocycles. The highest BCUT2D eigenvalue weighted by molar-refractivity contribution is 5.44. The lowest BCUT2D eigenvalue weighted by atomic mass is 9.82. The van der Waals surface area contributed by atoms with Gasteiger partial charge in [-0.05, 0) is 51.1 Å². The van der Waals surface area contributed by atoms with E-state index in [0.29, 0.717) is 0 Å². The molecule has 1 saturated heterocycles. The van der Waals surface area contributed by atoms with Crippen LogP contribution in [-0.2, 0) is 0 Å². The van der Waals surface area contributed by atoms with Crippen LogP contribution in [-0.4, -0.2) is 37.7 Å². The van der Waals surface area contributed by atoms with Gasteiger partial charge in [0.05, 0.1) is 7.11 Å². The molecule has 1 unspecified atom stereocenters. The second kappa shape index (κ2) is 5.26. The largest absolute Gasteiger partial charge is 0.497 e. The van der Waals surface area contributed by atoms with Gasteiger partial charge in [-0.15, -0.1) is 0 Å². The first-order valence-electron chi connectivity index (χ1n) is 7.43. The van der Waals surface area contributed by atoms with Crippen molar-refractivity contribution in [1.29, 1.82) is 0 Å². The molecule has 4 nitrogen and oxygen atoms in total. The van der Waals surface area contributed by atoms with Crippen molar-refractivity contribution in [2.24, 2.45) is 5.73 Å². The van der Waals surface area contributed by atoms with Gasteiger partial charge in [-0.25, -0.2) is 0 Å². The normalized spacial score (nSPS) is 30.4. The first-order chi connectivity index (χ1) is 9.62. The monoisotopic (exact) mass is 276 g/mol. The van der Waals surface area contributed by atoms with Crippen LogP contribution in [0.15, 0.2) is 18.2 Å². The molecule has 0 bridgehead atoms. The molecule has 1 fully saturated rings. The number of ether oxygens (including phenoxy) is 2. The Bertz CT molecular complexity index is 491. The first-order valence-corrected chi connectivity index (χ1v) is 7.43. The summed E-state index contributed by atoms with van der Waals surface area (Å²) >= 11 is 0. The maximum atomic E-state index is 6.41. The first kappa shape index (κ1) is 13.7. The summed E-state index contributed by atoms with van der Waals surface area (Å²) in [6.45, 7) is 2.23. The minimum atomic E-state index is -0.0776. The lowest BCUT2D eigenvalue weighted by molar-refractivity contribution is 0.0222. The van der Waals surface area contributed by atoms with Crippen molar-refractivity contribution in [1.82, 2.24) is 4.90 Å². The van der Waals surface area contributed by atoms with E-state index in [-0.39, 0.29) is 11.6 Å². The molecule has 0 amide bonds. The molecule has 2 aliphatic rings. The van der Waals surface area contributed by atoms with Crippen molar-refractivity contribution in [3.8, 4) is 11.5 Å². The summed E-state index contributed by atoms with van der Waals surface area (Å²) in [5.41, 5.74) is 7.41. The van der Waals surface area contributed by atoms with Gasteiger partial charge < -0.3 is 20.1 Å². The van der Waals surface area contributed by atoms with Crippen LogP contribution >= 0.6 is 0 Å². The van der Waals surface area contributed by atoms with Crippen LogP contribution in [0, 0.1) is 0 Å². The maximum absolute atomic E-state index is 6.41. The third-order valence-electron chi connectivity index (χ3n) is 4.66. The van der Waals surface area contributed by atoms with E-state index in [1.54, 1.807) is 7.11 Å². The van der Waals surface area contributed by atoms with Gasteiger partial charge in [0.15, 0.2) is 0 Å². The molecule has 3 rings (SSSR count). The van der Waals surface area contributed by atoms with E-state index >= 15 is 0 Å². The van der Waals surface area contributed by atoms with Gasteiger partial charge in [0.2, 0.25) is 0 Å². The third-order valence-corrected chi connectivity index (χ3v) is 4.66. The minimum absolute atomic E-state index is 0.0391. The van der Waals surface area contributed by atoms with Gasteiger partial charge in [0.25, 0.3) is 0 Å². The standard InChI is InChI=1S/C16H24N2O2/c1-18-8-3-6-16(7-9-18)11-14(17)13-10-12(19-2)4-5-15(13)20-16/h4-5,10,14H,3,6-9,11,17H2,1-2H3/t14-,16?/m0/s1. The highest BCUT2D eigenvalue weighted by atomic mass is 16.5. The lowest BCUT2D eigenvalue weighted by Crippen LogP contribution is -2.43. The fraction of sp³-hybridized carbons (Fsp3) is 0.625. The molecule has 2 atom stereocenters. The summed E-state index contributed by atoms with van der Waals surface area (Å²) in [6, 6.07) is 6.00. The summed E-state index contributed by atoms with van der Waals surface area (Å²) in [5, 5.41) is 0. The Kier molecular flexibility index (Phi) is 3.61. The van der Waals surface area contributed by atoms with E-state index < -0.39 is 0 Å². The molecule has 1 aromatic rings. The zero-order valence-corrected chi connectivity index (χ0v) is 12.4. The second-order valence-electron chi connectivity index (χ2n) is 6.16. The molecule has 0 radical (unpaired) electrons. The molecule has 2 N–H and O–H groups in total. The Morgan fingerprint density at radius 3 is 3.00 bits per heavy atom. The summed E-state index contributed by atoms with van der Waals surface area (Å²) in [5.74, 6) is 1.79. The van der Waals surface area contributed by atoms with Crippen LogP contribution in [0.5, 0.6) is 11.5 Å². The Labute approximate surface area is 120 Å². The average Bonchev–Trinajstić information content (AvgIpc) is 2.61. The molecule has 2 aliphatic heterocycles. The molecule has 1 spiro atoms. The molecule has 1 aromatic carbocycles. The molecule has 20 heavy (non-hydrogen) atoms. The van der Waals surface area contributed by atoms with Gasteiger partial charge in [0.1, 0.15) is 17.1 Å². The van der Waals surface area contributed by atoms with Crippen molar-refractivity contribution in [2.45, 2.75) is 37.3 Å². The fourth-order valence-corrected chi connectivity index (χ4v) is 3.43. The minimum Gasteiger partial charge on any atom is -0.497 e. The Hall–Kier alpha value is -1.26. The number of fused-ring (bicyclic) bond motifs is 1. The lowest BCUT2D eigenvalue weighted by Gasteiger charge is -2.41. The number of likely N-dealkylation sites (tertiary alicyclic amines) is 1. The smallest absolute Gasteiger partial charge is 0.125 e. The zero-order valence-electron chi connectivity index (χ0n) is 12.4. The predicted molar refractivity (Wildman–Crippen MR) is 79.2 cm³/mol. The molecule has 4 heteroatoms. The van der Waals surface area contributed by atoms with E-state index in [1.807, 2.05) is 18.2 Å². The highest BCUT2D eigenvalue weighted by Gasteiger charge is 2.40. The summed E-state index contributed by atoms with van der Waals surface area (Å²) in [7, 11) is 3.86. The number of methoxy groups -OCH3 is 1. The molecule has 0 aromatic heterocycles. The highest BCUT2D eigenvalue weighted by Crippen LogP contribution is 2.44. The van der Waals surface area contributed by atoms with Crippen LogP contribution in [0.3, 0.4) is 0 Å². The fourth-order valence-electron chi connectivity index (χ4n) is 3.43. The van der Waals surface area contributed by atoms with E-state index in [1.165, 1.54) is 6.42 Å². The van der Waals surface area contributed by atoms with Crippen LogP contribution < -0.4 is 15.2 Å². The van der Waals surface area contributed by atoms with Crippen LogP contribution in [0.2, 0.25) is 0 Å². The van der Waals surface area contributed by atoms with Crippen molar-refractivity contribution in [3.63, 3.8) is 0 Å². The predicted octanol–water partition coefficient (Wildman–Crippen LogP) is 2.33. The number of hydrogen-bond acceptors (Lipinski definition) is 4. The number of benzene rings is 1. The maximum Gasteiger partial charge on any atom is 0.125 e. The van der Waals surface area contributed by atoms with Crippen LogP contribution in [0.25, 0.3) is 0 Å². The van der Waals surface area contributed by atoms with Gasteiger partial charge in [-0.1, -0.05) is 0 Å². The second-order valence-corrected chi connectivity index (χ2v) is 6.16. The molecule has 2 heterocycles. The SMILES string of the molecule is COc1ccc2c(c1)[C@@H](N)CC1(CCCN(C)CC1)O2. The Balaban J connectivity index is 1.88. The molecule has 110 valence electrons. The van der Waals surface area contributed by atoms with Gasteiger partial charge >= 0.3 is 0 Å². The summed E-state index contributed by atoms with van der Waals surface area (Å²) in [4.78, 5) is 2.38. The van der Waals surface area contributed by atoms with Crippen molar-refractivity contribution >= 4 is 0 Å². The van der Waals surface area contributed by atoms with E-state index in [2.05, 4.69) is 11.9 Å².